The van der Waals surface area contributed by atoms with Crippen LogP contribution in [0.25, 0.3) is 22.1 Å². The van der Waals surface area contributed by atoms with Gasteiger partial charge in [-0.3, -0.25) is 4.79 Å². The Morgan fingerprint density at radius 3 is 2.41 bits per heavy atom. The molecule has 1 aliphatic heterocycles. The van der Waals surface area contributed by atoms with Gasteiger partial charge in [0, 0.05) is 6.07 Å². The Balaban J connectivity index is 1.93. The number of rotatable bonds is 2. The highest BCUT2D eigenvalue weighted by molar-refractivity contribution is 5.90. The van der Waals surface area contributed by atoms with E-state index in [2.05, 4.69) is 0 Å². The lowest BCUT2D eigenvalue weighted by Gasteiger charge is -2.27. The minimum atomic E-state index is -1.37. The van der Waals surface area contributed by atoms with Gasteiger partial charge < -0.3 is 29.6 Å². The van der Waals surface area contributed by atoms with E-state index in [1.54, 1.807) is 12.1 Å². The molecule has 0 fully saturated rings. The van der Waals surface area contributed by atoms with Crippen molar-refractivity contribution in [1.29, 1.82) is 0 Å². The minimum absolute atomic E-state index is 0.0461. The van der Waals surface area contributed by atoms with Gasteiger partial charge in [-0.25, -0.2) is 0 Å². The van der Waals surface area contributed by atoms with Crippen molar-refractivity contribution in [3.05, 3.63) is 52.4 Å². The van der Waals surface area contributed by atoms with Crippen LogP contribution in [0.4, 0.5) is 0 Å². The number of fused-ring (bicyclic) bond motifs is 2. The molecular formula is C20H18O7. The fourth-order valence-corrected chi connectivity index (χ4v) is 3.37. The molecule has 2 atom stereocenters. The average molecular weight is 370 g/mol. The van der Waals surface area contributed by atoms with Gasteiger partial charge in [-0.15, -0.1) is 0 Å². The number of hydrogen-bond acceptors (Lipinski definition) is 7. The second-order valence-corrected chi connectivity index (χ2v) is 7.17. The fraction of sp³-hybridized carbons (Fsp3) is 0.250. The lowest BCUT2D eigenvalue weighted by atomic mass is 9.93. The van der Waals surface area contributed by atoms with Gasteiger partial charge in [-0.05, 0) is 31.5 Å². The van der Waals surface area contributed by atoms with E-state index >= 15 is 0 Å². The van der Waals surface area contributed by atoms with E-state index in [0.29, 0.717) is 5.56 Å². The summed E-state index contributed by atoms with van der Waals surface area (Å²) in [6.07, 6.45) is -1.04. The number of hydrogen-bond donors (Lipinski definition) is 4. The van der Waals surface area contributed by atoms with Crippen molar-refractivity contribution in [3.8, 4) is 28.4 Å². The first-order valence-electron chi connectivity index (χ1n) is 8.36. The number of aliphatic hydroxyl groups is 2. The molecule has 140 valence electrons. The predicted octanol–water partition coefficient (Wildman–Crippen LogP) is 2.44. The highest BCUT2D eigenvalue weighted by Crippen LogP contribution is 2.48. The summed E-state index contributed by atoms with van der Waals surface area (Å²) in [4.78, 5) is 13.0. The molecule has 1 aliphatic rings. The van der Waals surface area contributed by atoms with Crippen molar-refractivity contribution in [2.45, 2.75) is 31.7 Å². The normalized spacial score (nSPS) is 19.1. The molecule has 2 heterocycles. The molecule has 0 bridgehead atoms. The Morgan fingerprint density at radius 1 is 1.11 bits per heavy atom. The smallest absolute Gasteiger partial charge is 0.204 e. The van der Waals surface area contributed by atoms with Crippen molar-refractivity contribution in [3.63, 3.8) is 0 Å². The first-order valence-corrected chi connectivity index (χ1v) is 8.36. The topological polar surface area (TPSA) is 120 Å². The van der Waals surface area contributed by atoms with Crippen LogP contribution in [0.2, 0.25) is 0 Å². The molecule has 0 unspecified atom stereocenters. The summed E-state index contributed by atoms with van der Waals surface area (Å²) < 4.78 is 11.1. The van der Waals surface area contributed by atoms with E-state index in [1.807, 2.05) is 0 Å². The molecule has 0 radical (unpaired) electrons. The summed E-state index contributed by atoms with van der Waals surface area (Å²) >= 11 is 0. The van der Waals surface area contributed by atoms with Gasteiger partial charge in [0.05, 0.1) is 16.7 Å². The molecule has 0 amide bonds. The Hall–Kier alpha value is -3.03. The third-order valence-corrected chi connectivity index (χ3v) is 4.75. The Kier molecular flexibility index (Phi) is 3.69. The second kappa shape index (κ2) is 5.73. The van der Waals surface area contributed by atoms with Gasteiger partial charge in [-0.1, -0.05) is 12.1 Å². The number of benzene rings is 2. The van der Waals surface area contributed by atoms with Crippen molar-refractivity contribution in [2.24, 2.45) is 0 Å². The monoisotopic (exact) mass is 370 g/mol. The van der Waals surface area contributed by atoms with Crippen LogP contribution in [0.1, 0.15) is 25.5 Å². The number of aromatic hydroxyl groups is 2. The first kappa shape index (κ1) is 17.4. The summed E-state index contributed by atoms with van der Waals surface area (Å²) in [6, 6.07) is 7.40. The summed E-state index contributed by atoms with van der Waals surface area (Å²) in [6.45, 7) is 2.96. The number of phenols is 2. The van der Waals surface area contributed by atoms with Crippen LogP contribution in [-0.4, -0.2) is 32.1 Å². The van der Waals surface area contributed by atoms with Gasteiger partial charge >= 0.3 is 0 Å². The lowest BCUT2D eigenvalue weighted by molar-refractivity contribution is -0.0764. The summed E-state index contributed by atoms with van der Waals surface area (Å²) in [5.74, 6) is -0.223. The highest BCUT2D eigenvalue weighted by Gasteiger charge is 2.45. The molecular weight excluding hydrogens is 352 g/mol. The summed E-state index contributed by atoms with van der Waals surface area (Å²) in [7, 11) is 0. The maximum Gasteiger partial charge on any atom is 0.204 e. The number of ether oxygens (including phenoxy) is 1. The van der Waals surface area contributed by atoms with E-state index in [-0.39, 0.29) is 33.6 Å². The third-order valence-electron chi connectivity index (χ3n) is 4.75. The largest absolute Gasteiger partial charge is 0.508 e. The number of aliphatic hydroxyl groups excluding tert-OH is 1. The molecule has 2 aromatic carbocycles. The van der Waals surface area contributed by atoms with Gasteiger partial charge in [0.1, 0.15) is 40.6 Å². The van der Waals surface area contributed by atoms with Crippen molar-refractivity contribution >= 4 is 11.0 Å². The van der Waals surface area contributed by atoms with Crippen LogP contribution in [0.5, 0.6) is 17.2 Å². The van der Waals surface area contributed by atoms with E-state index < -0.39 is 29.0 Å². The van der Waals surface area contributed by atoms with Gasteiger partial charge in [0.15, 0.2) is 6.10 Å². The Bertz CT molecular complexity index is 1090. The fourth-order valence-electron chi connectivity index (χ4n) is 3.37. The van der Waals surface area contributed by atoms with Gasteiger partial charge in [-0.2, -0.15) is 0 Å². The van der Waals surface area contributed by atoms with E-state index in [9.17, 15) is 25.2 Å². The van der Waals surface area contributed by atoms with E-state index in [4.69, 9.17) is 9.15 Å². The van der Waals surface area contributed by atoms with Gasteiger partial charge in [0.25, 0.3) is 0 Å². The average Bonchev–Trinajstić information content (AvgIpc) is 2.93. The quantitative estimate of drug-likeness (QED) is 0.547. The zero-order valence-corrected chi connectivity index (χ0v) is 14.6. The van der Waals surface area contributed by atoms with Crippen LogP contribution in [0.15, 0.2) is 45.8 Å². The molecule has 7 heteroatoms. The molecule has 0 spiro atoms. The predicted molar refractivity (Wildman–Crippen MR) is 96.9 cm³/mol. The molecule has 4 N–H and O–H groups in total. The van der Waals surface area contributed by atoms with Crippen LogP contribution in [0.3, 0.4) is 0 Å². The number of phenolic OH excluding ortho intramolecular Hbond substituents is 2. The highest BCUT2D eigenvalue weighted by atomic mass is 16.5. The second-order valence-electron chi connectivity index (χ2n) is 7.17. The van der Waals surface area contributed by atoms with Crippen LogP contribution < -0.4 is 10.2 Å². The molecule has 4 rings (SSSR count). The molecule has 3 aromatic rings. The standard InChI is InChI=1S/C20H18O7/c1-20(2,25)19-18(24)15-13(27-19)7-12-14(17(15)23)16(22)11(8-26-12)9-3-5-10(21)6-4-9/h3-8,18-19,21,23-25H,1-2H3/t18-,19-/m1/s1. The van der Waals surface area contributed by atoms with Gasteiger partial charge in [0.2, 0.25) is 5.43 Å². The summed E-state index contributed by atoms with van der Waals surface area (Å²) in [5, 5.41) is 40.7. The Morgan fingerprint density at radius 2 is 1.78 bits per heavy atom. The molecule has 1 aromatic heterocycles. The zero-order chi connectivity index (χ0) is 19.5. The Labute approximate surface area is 153 Å². The van der Waals surface area contributed by atoms with Crippen molar-refractivity contribution < 1.29 is 29.6 Å². The zero-order valence-electron chi connectivity index (χ0n) is 14.6. The van der Waals surface area contributed by atoms with Crippen molar-refractivity contribution in [2.75, 3.05) is 0 Å². The van der Waals surface area contributed by atoms with Crippen LogP contribution in [-0.2, 0) is 0 Å². The third kappa shape index (κ3) is 2.63. The maximum atomic E-state index is 13.0. The molecule has 27 heavy (non-hydrogen) atoms. The van der Waals surface area contributed by atoms with E-state index in [1.165, 1.54) is 38.3 Å². The molecule has 7 nitrogen and oxygen atoms in total. The molecule has 0 saturated heterocycles. The first-order chi connectivity index (χ1) is 12.7. The van der Waals surface area contributed by atoms with Crippen LogP contribution >= 0.6 is 0 Å². The minimum Gasteiger partial charge on any atom is -0.508 e. The van der Waals surface area contributed by atoms with E-state index in [0.717, 1.165) is 0 Å². The SMILES string of the molecule is CC(C)(O)[C@@H]1Oc2cc3occ(-c4ccc(O)cc4)c(=O)c3c(O)c2[C@H]1O. The molecule has 0 aliphatic carbocycles. The summed E-state index contributed by atoms with van der Waals surface area (Å²) in [5.41, 5.74) is -1.00. The maximum absolute atomic E-state index is 13.0. The molecule has 0 saturated carbocycles. The van der Waals surface area contributed by atoms with Crippen molar-refractivity contribution in [1.82, 2.24) is 0 Å². The van der Waals surface area contributed by atoms with Crippen LogP contribution in [0, 0.1) is 0 Å². The lowest BCUT2D eigenvalue weighted by Crippen LogP contribution is -2.41.